The molecule has 0 unspecified atom stereocenters. The van der Waals surface area contributed by atoms with Crippen LogP contribution in [0.3, 0.4) is 0 Å². The van der Waals surface area contributed by atoms with Crippen molar-refractivity contribution in [3.05, 3.63) is 40.4 Å². The Hall–Kier alpha value is -2.43. The molecule has 0 bridgehead atoms. The number of H-pyrrole nitrogens is 1. The van der Waals surface area contributed by atoms with Crippen LogP contribution in [0.25, 0.3) is 11.4 Å². The molecule has 2 N–H and O–H groups in total. The van der Waals surface area contributed by atoms with Gasteiger partial charge in [0.25, 0.3) is 0 Å². The van der Waals surface area contributed by atoms with Crippen LogP contribution < -0.4 is 5.32 Å². The number of benzene rings is 1. The second kappa shape index (κ2) is 8.98. The minimum Gasteiger partial charge on any atom is -0.469 e. The van der Waals surface area contributed by atoms with Gasteiger partial charge >= 0.3 is 5.97 Å². The predicted molar refractivity (Wildman–Crippen MR) is 104 cm³/mol. The molecule has 0 atom stereocenters. The van der Waals surface area contributed by atoms with Crippen molar-refractivity contribution in [2.45, 2.75) is 11.6 Å². The molecule has 1 aromatic carbocycles. The number of rotatable bonds is 7. The highest BCUT2D eigenvalue weighted by molar-refractivity contribution is 7.99. The van der Waals surface area contributed by atoms with Gasteiger partial charge in [-0.25, -0.2) is 9.97 Å². The van der Waals surface area contributed by atoms with Crippen LogP contribution in [0.5, 0.6) is 0 Å². The summed E-state index contributed by atoms with van der Waals surface area (Å²) in [4.78, 5) is 31.8. The maximum Gasteiger partial charge on any atom is 0.311 e. The van der Waals surface area contributed by atoms with E-state index in [0.29, 0.717) is 26.8 Å². The summed E-state index contributed by atoms with van der Waals surface area (Å²) in [5, 5.41) is 12.8. The van der Waals surface area contributed by atoms with Crippen LogP contribution in [-0.2, 0) is 20.7 Å². The van der Waals surface area contributed by atoms with E-state index in [9.17, 15) is 9.59 Å². The summed E-state index contributed by atoms with van der Waals surface area (Å²) in [6.45, 7) is 0. The number of thioether (sulfide) groups is 1. The number of nitrogens with one attached hydrogen (secondary N) is 2. The lowest BCUT2D eigenvalue weighted by Gasteiger charge is -1.99. The molecular formula is C16H14ClN5O3S2. The number of carbonyl (C=O) groups excluding carboxylic acids is 2. The largest absolute Gasteiger partial charge is 0.469 e. The number of amides is 1. The van der Waals surface area contributed by atoms with E-state index in [0.717, 1.165) is 5.56 Å². The minimum atomic E-state index is -0.380. The van der Waals surface area contributed by atoms with Crippen molar-refractivity contribution in [3.8, 4) is 11.4 Å². The Morgan fingerprint density at radius 1 is 1.30 bits per heavy atom. The fraction of sp³-hybridized carbons (Fsp3) is 0.188. The lowest BCUT2D eigenvalue weighted by atomic mass is 10.2. The molecule has 0 aliphatic carbocycles. The Morgan fingerprint density at radius 2 is 2.07 bits per heavy atom. The van der Waals surface area contributed by atoms with E-state index in [1.54, 1.807) is 17.5 Å². The molecule has 11 heteroatoms. The number of ether oxygens (including phenoxy) is 1. The van der Waals surface area contributed by atoms with Crippen LogP contribution in [0.1, 0.15) is 5.69 Å². The zero-order chi connectivity index (χ0) is 19.2. The summed E-state index contributed by atoms with van der Waals surface area (Å²) in [7, 11) is 1.32. The highest BCUT2D eigenvalue weighted by Gasteiger charge is 2.12. The number of hydrogen-bond acceptors (Lipinski definition) is 8. The summed E-state index contributed by atoms with van der Waals surface area (Å²) >= 11 is 8.31. The van der Waals surface area contributed by atoms with Crippen LogP contribution >= 0.6 is 34.7 Å². The molecule has 0 fully saturated rings. The molecule has 27 heavy (non-hydrogen) atoms. The van der Waals surface area contributed by atoms with Crippen molar-refractivity contribution in [3.63, 3.8) is 0 Å². The first-order valence-corrected chi connectivity index (χ1v) is 9.90. The molecule has 3 aromatic rings. The summed E-state index contributed by atoms with van der Waals surface area (Å²) in [6, 6.07) is 7.20. The van der Waals surface area contributed by atoms with Gasteiger partial charge in [-0.3, -0.25) is 14.7 Å². The minimum absolute atomic E-state index is 0.0717. The quantitative estimate of drug-likeness (QED) is 0.444. The number of aromatic amines is 1. The lowest BCUT2D eigenvalue weighted by Crippen LogP contribution is -2.14. The van der Waals surface area contributed by atoms with Gasteiger partial charge in [0.1, 0.15) is 0 Å². The molecule has 0 radical (unpaired) electrons. The van der Waals surface area contributed by atoms with Gasteiger partial charge in [0, 0.05) is 16.0 Å². The topological polar surface area (TPSA) is 110 Å². The van der Waals surface area contributed by atoms with Gasteiger partial charge in [0.05, 0.1) is 25.0 Å². The molecule has 0 saturated carbocycles. The molecule has 0 spiro atoms. The smallest absolute Gasteiger partial charge is 0.311 e. The van der Waals surface area contributed by atoms with Gasteiger partial charge in [-0.2, -0.15) is 0 Å². The fourth-order valence-corrected chi connectivity index (χ4v) is 3.45. The number of nitrogens with zero attached hydrogens (tertiary/aromatic N) is 3. The third-order valence-electron chi connectivity index (χ3n) is 3.27. The fourth-order valence-electron chi connectivity index (χ4n) is 2.00. The molecule has 140 valence electrons. The average Bonchev–Trinajstić information content (AvgIpc) is 3.30. The van der Waals surface area contributed by atoms with Crippen molar-refractivity contribution in [1.82, 2.24) is 20.2 Å². The predicted octanol–water partition coefficient (Wildman–Crippen LogP) is 3.03. The van der Waals surface area contributed by atoms with E-state index in [2.05, 4.69) is 30.2 Å². The van der Waals surface area contributed by atoms with Crippen LogP contribution in [0.15, 0.2) is 34.8 Å². The number of thiazole rings is 1. The molecule has 1 amide bonds. The molecule has 8 nitrogen and oxygen atoms in total. The summed E-state index contributed by atoms with van der Waals surface area (Å²) in [5.74, 6) is 0.109. The number of methoxy groups -OCH3 is 1. The zero-order valence-electron chi connectivity index (χ0n) is 14.1. The van der Waals surface area contributed by atoms with E-state index in [1.807, 2.05) is 12.1 Å². The normalized spacial score (nSPS) is 10.6. The van der Waals surface area contributed by atoms with Crippen molar-refractivity contribution < 1.29 is 14.3 Å². The number of halogens is 1. The third kappa shape index (κ3) is 5.52. The summed E-state index contributed by atoms with van der Waals surface area (Å²) < 4.78 is 4.58. The van der Waals surface area contributed by atoms with E-state index < -0.39 is 0 Å². The highest BCUT2D eigenvalue weighted by Crippen LogP contribution is 2.21. The number of anilines is 1. The molecule has 3 rings (SSSR count). The Morgan fingerprint density at radius 3 is 2.81 bits per heavy atom. The zero-order valence-corrected chi connectivity index (χ0v) is 16.5. The Bertz CT molecular complexity index is 942. The standard InChI is InChI=1S/C16H14ClN5O3S2/c1-25-13(24)6-11-7-26-15(18-11)19-12(23)8-27-16-20-14(21-22-16)9-2-4-10(17)5-3-9/h2-5,7H,6,8H2,1H3,(H,18,19,23)(H,20,21,22). The van der Waals surface area contributed by atoms with Gasteiger partial charge in [0.2, 0.25) is 11.1 Å². The Labute approximate surface area is 167 Å². The molecule has 0 saturated heterocycles. The molecule has 2 aromatic heterocycles. The van der Waals surface area contributed by atoms with Crippen molar-refractivity contribution in [2.24, 2.45) is 0 Å². The monoisotopic (exact) mass is 423 g/mol. The van der Waals surface area contributed by atoms with Crippen molar-refractivity contribution in [1.29, 1.82) is 0 Å². The highest BCUT2D eigenvalue weighted by atomic mass is 35.5. The molecular weight excluding hydrogens is 410 g/mol. The maximum atomic E-state index is 12.1. The first-order chi connectivity index (χ1) is 13.0. The van der Waals surface area contributed by atoms with Gasteiger partial charge in [-0.05, 0) is 24.3 Å². The first kappa shape index (κ1) is 19.3. The van der Waals surface area contributed by atoms with E-state index in [-0.39, 0.29) is 24.1 Å². The SMILES string of the molecule is COC(=O)Cc1csc(NC(=O)CSc2n[nH]c(-c3ccc(Cl)cc3)n2)n1. The van der Waals surface area contributed by atoms with Crippen molar-refractivity contribution >= 4 is 51.7 Å². The lowest BCUT2D eigenvalue weighted by molar-refractivity contribution is -0.139. The van der Waals surface area contributed by atoms with E-state index >= 15 is 0 Å². The van der Waals surface area contributed by atoms with Crippen LogP contribution in [0.4, 0.5) is 5.13 Å². The summed E-state index contributed by atoms with van der Waals surface area (Å²) in [5.41, 5.74) is 1.40. The van der Waals surface area contributed by atoms with Gasteiger partial charge in [0.15, 0.2) is 11.0 Å². The first-order valence-electron chi connectivity index (χ1n) is 7.65. The number of aromatic nitrogens is 4. The van der Waals surface area contributed by atoms with Crippen LogP contribution in [-0.4, -0.2) is 44.9 Å². The second-order valence-electron chi connectivity index (χ2n) is 5.21. The second-order valence-corrected chi connectivity index (χ2v) is 7.44. The maximum absolute atomic E-state index is 12.1. The van der Waals surface area contributed by atoms with E-state index in [1.165, 1.54) is 30.2 Å². The average molecular weight is 424 g/mol. The number of carbonyl (C=O) groups is 2. The van der Waals surface area contributed by atoms with E-state index in [4.69, 9.17) is 11.6 Å². The van der Waals surface area contributed by atoms with Crippen LogP contribution in [0, 0.1) is 0 Å². The van der Waals surface area contributed by atoms with Gasteiger partial charge < -0.3 is 10.1 Å². The summed E-state index contributed by atoms with van der Waals surface area (Å²) in [6.07, 6.45) is 0.0717. The molecule has 0 aliphatic rings. The van der Waals surface area contributed by atoms with Gasteiger partial charge in [-0.1, -0.05) is 23.4 Å². The van der Waals surface area contributed by atoms with Gasteiger partial charge in [-0.15, -0.1) is 16.4 Å². The number of esters is 1. The van der Waals surface area contributed by atoms with Crippen LogP contribution in [0.2, 0.25) is 5.02 Å². The Balaban J connectivity index is 1.51. The molecule has 2 heterocycles. The third-order valence-corrected chi connectivity index (χ3v) is 5.17. The Kier molecular flexibility index (Phi) is 6.43. The molecule has 0 aliphatic heterocycles. The number of hydrogen-bond donors (Lipinski definition) is 2. The van der Waals surface area contributed by atoms with Crippen molar-refractivity contribution in [2.75, 3.05) is 18.2 Å².